The fraction of sp³-hybridized carbons (Fsp3) is 0.917. The zero-order valence-electron chi connectivity index (χ0n) is 11.9. The fourth-order valence-electron chi connectivity index (χ4n) is 2.38. The Morgan fingerprint density at radius 1 is 1.32 bits per heavy atom. The van der Waals surface area contributed by atoms with Gasteiger partial charge in [-0.1, -0.05) is 31.5 Å². The van der Waals surface area contributed by atoms with Gasteiger partial charge < -0.3 is 5.73 Å². The highest BCUT2D eigenvalue weighted by Gasteiger charge is 2.31. The van der Waals surface area contributed by atoms with Gasteiger partial charge in [0.1, 0.15) is 0 Å². The Kier molecular flexibility index (Phi) is 6.16. The van der Waals surface area contributed by atoms with E-state index in [4.69, 9.17) is 18.0 Å². The summed E-state index contributed by atoms with van der Waals surface area (Å²) in [6, 6.07) is -0.530. The molecule has 1 saturated carbocycles. The molecule has 0 heterocycles. The van der Waals surface area contributed by atoms with E-state index in [9.17, 15) is 8.42 Å². The van der Waals surface area contributed by atoms with Crippen molar-refractivity contribution in [3.8, 4) is 0 Å². The molecule has 1 aliphatic carbocycles. The maximum Gasteiger partial charge on any atom is 0.280 e. The largest absolute Gasteiger partial charge is 0.392 e. The molecule has 0 saturated heterocycles. The molecule has 0 spiro atoms. The van der Waals surface area contributed by atoms with E-state index >= 15 is 0 Å². The van der Waals surface area contributed by atoms with Gasteiger partial charge in [0.05, 0.1) is 11.0 Å². The van der Waals surface area contributed by atoms with Crippen LogP contribution in [0.5, 0.6) is 0 Å². The molecule has 7 heteroatoms. The van der Waals surface area contributed by atoms with E-state index in [2.05, 4.69) is 4.72 Å². The smallest absolute Gasteiger partial charge is 0.280 e. The molecule has 112 valence electrons. The van der Waals surface area contributed by atoms with Crippen LogP contribution in [0, 0.1) is 5.92 Å². The van der Waals surface area contributed by atoms with Crippen molar-refractivity contribution in [1.29, 1.82) is 0 Å². The fourth-order valence-corrected chi connectivity index (χ4v) is 4.06. The summed E-state index contributed by atoms with van der Waals surface area (Å²) in [6.07, 6.45) is 5.40. The Balaban J connectivity index is 2.81. The number of nitrogens with zero attached hydrogens (tertiary/aromatic N) is 1. The van der Waals surface area contributed by atoms with Crippen LogP contribution in [0.15, 0.2) is 0 Å². The van der Waals surface area contributed by atoms with E-state index < -0.39 is 16.3 Å². The standard InChI is InChI=1S/C12H25N3O2S2/c1-9(2)15(3)19(16,17)14-11(12(13)18)10-7-5-4-6-8-10/h9-11,14H,4-8H2,1-3H3,(H2,13,18). The van der Waals surface area contributed by atoms with Crippen molar-refractivity contribution in [3.63, 3.8) is 0 Å². The molecular weight excluding hydrogens is 282 g/mol. The van der Waals surface area contributed by atoms with Crippen LogP contribution in [-0.4, -0.2) is 36.8 Å². The third-order valence-corrected chi connectivity index (χ3v) is 5.80. The van der Waals surface area contributed by atoms with Gasteiger partial charge in [0.15, 0.2) is 0 Å². The van der Waals surface area contributed by atoms with E-state index in [-0.39, 0.29) is 16.9 Å². The van der Waals surface area contributed by atoms with Gasteiger partial charge >= 0.3 is 0 Å². The Labute approximate surface area is 122 Å². The molecule has 1 rings (SSSR count). The normalized spacial score (nSPS) is 19.8. The highest BCUT2D eigenvalue weighted by molar-refractivity contribution is 7.87. The van der Waals surface area contributed by atoms with Gasteiger partial charge in [-0.2, -0.15) is 17.4 Å². The van der Waals surface area contributed by atoms with Crippen molar-refractivity contribution in [2.75, 3.05) is 7.05 Å². The van der Waals surface area contributed by atoms with E-state index in [1.165, 1.54) is 10.7 Å². The molecule has 1 aliphatic rings. The first-order chi connectivity index (χ1) is 8.75. The first kappa shape index (κ1) is 16.8. The van der Waals surface area contributed by atoms with E-state index in [1.807, 2.05) is 13.8 Å². The minimum absolute atomic E-state index is 0.101. The van der Waals surface area contributed by atoms with Gasteiger partial charge in [-0.05, 0) is 32.6 Å². The minimum atomic E-state index is -3.54. The van der Waals surface area contributed by atoms with Gasteiger partial charge in [-0.25, -0.2) is 0 Å². The summed E-state index contributed by atoms with van der Waals surface area (Å²) >= 11 is 5.05. The SMILES string of the molecule is CC(C)N(C)S(=O)(=O)NC(C(N)=S)C1CCCCC1. The van der Waals surface area contributed by atoms with Gasteiger partial charge in [0.25, 0.3) is 10.2 Å². The lowest BCUT2D eigenvalue weighted by Gasteiger charge is -2.32. The molecule has 0 aromatic rings. The zero-order chi connectivity index (χ0) is 14.6. The lowest BCUT2D eigenvalue weighted by Crippen LogP contribution is -2.53. The van der Waals surface area contributed by atoms with Crippen molar-refractivity contribution in [2.24, 2.45) is 11.7 Å². The zero-order valence-corrected chi connectivity index (χ0v) is 13.6. The third-order valence-electron chi connectivity index (χ3n) is 3.81. The second kappa shape index (κ2) is 6.97. The van der Waals surface area contributed by atoms with Crippen LogP contribution in [-0.2, 0) is 10.2 Å². The first-order valence-corrected chi connectivity index (χ1v) is 8.65. The molecule has 1 unspecified atom stereocenters. The number of nitrogens with two attached hydrogens (primary N) is 1. The Hall–Kier alpha value is -0.240. The maximum absolute atomic E-state index is 12.2. The van der Waals surface area contributed by atoms with Crippen LogP contribution in [0.4, 0.5) is 0 Å². The summed E-state index contributed by atoms with van der Waals surface area (Å²) in [7, 11) is -1.98. The number of hydrogen-bond donors (Lipinski definition) is 2. The predicted octanol–water partition coefficient (Wildman–Crippen LogP) is 1.40. The highest BCUT2D eigenvalue weighted by atomic mass is 32.2. The van der Waals surface area contributed by atoms with Crippen molar-refractivity contribution >= 4 is 27.4 Å². The Morgan fingerprint density at radius 2 is 1.84 bits per heavy atom. The average molecular weight is 307 g/mol. The monoisotopic (exact) mass is 307 g/mol. The lowest BCUT2D eigenvalue weighted by atomic mass is 9.84. The molecule has 0 aromatic heterocycles. The van der Waals surface area contributed by atoms with Crippen molar-refractivity contribution in [2.45, 2.75) is 58.0 Å². The Morgan fingerprint density at radius 3 is 2.26 bits per heavy atom. The number of rotatable bonds is 6. The molecule has 1 atom stereocenters. The van der Waals surface area contributed by atoms with Gasteiger partial charge in [0, 0.05) is 13.1 Å². The Bertz CT molecular complexity index is 403. The molecule has 0 aliphatic heterocycles. The second-order valence-corrected chi connectivity index (χ2v) is 7.74. The van der Waals surface area contributed by atoms with Crippen LogP contribution in [0.25, 0.3) is 0 Å². The molecule has 3 N–H and O–H groups in total. The predicted molar refractivity (Wildman–Crippen MR) is 82.1 cm³/mol. The van der Waals surface area contributed by atoms with Crippen LogP contribution >= 0.6 is 12.2 Å². The van der Waals surface area contributed by atoms with E-state index in [1.54, 1.807) is 7.05 Å². The quantitative estimate of drug-likeness (QED) is 0.727. The number of thiocarbonyl (C=S) groups is 1. The molecule has 0 amide bonds. The molecule has 0 bridgehead atoms. The van der Waals surface area contributed by atoms with Gasteiger partial charge in [-0.15, -0.1) is 0 Å². The summed E-state index contributed by atoms with van der Waals surface area (Å²) < 4.78 is 28.4. The molecule has 0 radical (unpaired) electrons. The number of hydrogen-bond acceptors (Lipinski definition) is 3. The van der Waals surface area contributed by atoms with Crippen molar-refractivity contribution in [3.05, 3.63) is 0 Å². The number of nitrogens with one attached hydrogen (secondary N) is 1. The summed E-state index contributed by atoms with van der Waals surface area (Å²) in [4.78, 5) is 0.243. The molecule has 19 heavy (non-hydrogen) atoms. The topological polar surface area (TPSA) is 75.4 Å². The van der Waals surface area contributed by atoms with Crippen LogP contribution in [0.1, 0.15) is 46.0 Å². The molecular formula is C12H25N3O2S2. The molecule has 0 aromatic carbocycles. The van der Waals surface area contributed by atoms with Crippen LogP contribution in [0.2, 0.25) is 0 Å². The van der Waals surface area contributed by atoms with Crippen molar-refractivity contribution < 1.29 is 8.42 Å². The first-order valence-electron chi connectivity index (χ1n) is 6.80. The summed E-state index contributed by atoms with van der Waals surface area (Å²) in [5.74, 6) is 0.224. The van der Waals surface area contributed by atoms with E-state index in [0.717, 1.165) is 25.7 Å². The molecule has 1 fully saturated rings. The molecule has 5 nitrogen and oxygen atoms in total. The van der Waals surface area contributed by atoms with Crippen molar-refractivity contribution in [1.82, 2.24) is 9.03 Å². The summed E-state index contributed by atoms with van der Waals surface area (Å²) in [6.45, 7) is 3.66. The summed E-state index contributed by atoms with van der Waals surface area (Å²) in [5, 5.41) is 0. The van der Waals surface area contributed by atoms with Crippen LogP contribution < -0.4 is 10.5 Å². The lowest BCUT2D eigenvalue weighted by molar-refractivity contribution is 0.322. The van der Waals surface area contributed by atoms with Gasteiger partial charge in [0.2, 0.25) is 0 Å². The average Bonchev–Trinajstić information content (AvgIpc) is 2.35. The highest BCUT2D eigenvalue weighted by Crippen LogP contribution is 2.27. The maximum atomic E-state index is 12.2. The second-order valence-electron chi connectivity index (χ2n) is 5.51. The third kappa shape index (κ3) is 4.66. The summed E-state index contributed by atoms with van der Waals surface area (Å²) in [5.41, 5.74) is 5.74. The van der Waals surface area contributed by atoms with E-state index in [0.29, 0.717) is 0 Å². The van der Waals surface area contributed by atoms with Gasteiger partial charge in [-0.3, -0.25) is 0 Å². The minimum Gasteiger partial charge on any atom is -0.392 e. The van der Waals surface area contributed by atoms with Crippen LogP contribution in [0.3, 0.4) is 0 Å².